The topological polar surface area (TPSA) is 232 Å². The predicted octanol–water partition coefficient (Wildman–Crippen LogP) is 1.87. The van der Waals surface area contributed by atoms with Crippen LogP contribution in [-0.2, 0) is 45.7 Å². The van der Waals surface area contributed by atoms with Gasteiger partial charge in [-0.15, -0.1) is 0 Å². The number of nitrogens with one attached hydrogen (secondary N) is 2. The standard InChI is InChI=1S/C35H44N7O10P/c1-5-49-30(44)23(17-21-13-9-7-10-14-21)40-53(47,41-24(31(45)50-6-2)18-22-15-11-8-12-16-22)51-19-25-27(43)35(46)32(34(35,3)52-25)42-20-37-26-28(42)38-33(36)39-29(26)48-4/h7-16,20,23-25,27,32,43,46H,5-6,17-19H2,1-4H3,(H2,36,38,39)(H2,40,41,47). The Morgan fingerprint density at radius 3 is 2.00 bits per heavy atom. The fourth-order valence-electron chi connectivity index (χ4n) is 6.94. The van der Waals surface area contributed by atoms with Crippen LogP contribution in [0.5, 0.6) is 5.88 Å². The highest BCUT2D eigenvalue weighted by atomic mass is 31.2. The molecule has 18 heteroatoms. The molecule has 1 aliphatic heterocycles. The van der Waals surface area contributed by atoms with Crippen LogP contribution in [0.2, 0.25) is 0 Å². The second-order valence-electron chi connectivity index (χ2n) is 12.9. The minimum atomic E-state index is -4.43. The van der Waals surface area contributed by atoms with Gasteiger partial charge in [-0.25, -0.2) is 15.2 Å². The smallest absolute Gasteiger partial charge is 0.342 e. The van der Waals surface area contributed by atoms with Gasteiger partial charge in [-0.3, -0.25) is 14.2 Å². The summed E-state index contributed by atoms with van der Waals surface area (Å²) in [5.74, 6) is -1.34. The number of hydrogen-bond donors (Lipinski definition) is 5. The van der Waals surface area contributed by atoms with Crippen molar-refractivity contribution < 1.29 is 47.8 Å². The lowest BCUT2D eigenvalue weighted by molar-refractivity contribution is -0.145. The van der Waals surface area contributed by atoms with E-state index in [0.717, 1.165) is 11.1 Å². The molecule has 3 heterocycles. The lowest BCUT2D eigenvalue weighted by Crippen LogP contribution is -2.47. The van der Waals surface area contributed by atoms with Gasteiger partial charge in [0, 0.05) is 0 Å². The van der Waals surface area contributed by atoms with Gasteiger partial charge in [0.15, 0.2) is 11.2 Å². The maximum absolute atomic E-state index is 14.9. The Labute approximate surface area is 305 Å². The molecule has 0 amide bonds. The van der Waals surface area contributed by atoms with Crippen molar-refractivity contribution in [2.24, 2.45) is 0 Å². The number of aliphatic hydroxyl groups excluding tert-OH is 1. The molecule has 2 aromatic carbocycles. The van der Waals surface area contributed by atoms with Gasteiger partial charge in [0.1, 0.15) is 41.5 Å². The summed E-state index contributed by atoms with van der Waals surface area (Å²) in [4.78, 5) is 39.2. The third kappa shape index (κ3) is 7.51. The number of nitrogens with zero attached hydrogens (tertiary/aromatic N) is 4. The van der Waals surface area contributed by atoms with Crippen molar-refractivity contribution in [3.8, 4) is 5.88 Å². The fraction of sp³-hybridized carbons (Fsp3) is 0.457. The number of carbonyl (C=O) groups excluding carboxylic acids is 2. The van der Waals surface area contributed by atoms with Crippen LogP contribution in [0.1, 0.15) is 37.9 Å². The number of imidazole rings is 1. The van der Waals surface area contributed by atoms with Crippen molar-refractivity contribution in [3.63, 3.8) is 0 Å². The second kappa shape index (κ2) is 15.5. The number of nitrogen functional groups attached to an aromatic ring is 1. The summed E-state index contributed by atoms with van der Waals surface area (Å²) < 4.78 is 44.7. The molecule has 2 aromatic heterocycles. The molecule has 17 nitrogen and oxygen atoms in total. The van der Waals surface area contributed by atoms with Gasteiger partial charge in [0.05, 0.1) is 33.3 Å². The average Bonchev–Trinajstić information content (AvgIpc) is 3.33. The summed E-state index contributed by atoms with van der Waals surface area (Å²) in [6, 6.07) is 14.8. The minimum absolute atomic E-state index is 0.0574. The Morgan fingerprint density at radius 1 is 0.981 bits per heavy atom. The van der Waals surface area contributed by atoms with E-state index >= 15 is 0 Å². The SMILES string of the molecule is CCOC(=O)C(Cc1ccccc1)NP(=O)(NC(Cc1ccccc1)C(=O)OCC)OCC1OC2(C)C(n3cnc4c(OC)nc(N)nc43)C2(O)C1O. The maximum atomic E-state index is 14.9. The zero-order valence-electron chi connectivity index (χ0n) is 29.7. The van der Waals surface area contributed by atoms with Crippen LogP contribution in [0.15, 0.2) is 67.0 Å². The molecule has 1 saturated carbocycles. The van der Waals surface area contributed by atoms with Crippen LogP contribution in [0.25, 0.3) is 11.2 Å². The number of anilines is 1. The highest BCUT2D eigenvalue weighted by Crippen LogP contribution is 2.68. The van der Waals surface area contributed by atoms with Gasteiger partial charge in [-0.1, -0.05) is 60.7 Å². The number of benzene rings is 2. The molecule has 1 aliphatic carbocycles. The molecule has 53 heavy (non-hydrogen) atoms. The first-order valence-electron chi connectivity index (χ1n) is 17.2. The number of aliphatic hydroxyl groups is 2. The van der Waals surface area contributed by atoms with Crippen LogP contribution in [0, 0.1) is 0 Å². The Balaban J connectivity index is 1.27. The summed E-state index contributed by atoms with van der Waals surface area (Å²) >= 11 is 0. The molecule has 7 unspecified atom stereocenters. The Hall–Kier alpha value is -4.48. The lowest BCUT2D eigenvalue weighted by Gasteiger charge is -2.30. The number of carbonyl (C=O) groups is 2. The molecule has 284 valence electrons. The molecule has 2 fully saturated rings. The van der Waals surface area contributed by atoms with Crippen molar-refractivity contribution in [1.82, 2.24) is 29.7 Å². The van der Waals surface area contributed by atoms with E-state index in [9.17, 15) is 24.4 Å². The Morgan fingerprint density at radius 2 is 1.53 bits per heavy atom. The van der Waals surface area contributed by atoms with E-state index in [2.05, 4.69) is 25.1 Å². The number of aromatic nitrogens is 4. The number of nitrogens with two attached hydrogens (primary N) is 1. The lowest BCUT2D eigenvalue weighted by atomic mass is 10.1. The third-order valence-electron chi connectivity index (χ3n) is 9.51. The summed E-state index contributed by atoms with van der Waals surface area (Å²) in [5.41, 5.74) is 4.70. The van der Waals surface area contributed by atoms with Gasteiger partial charge >= 0.3 is 19.6 Å². The van der Waals surface area contributed by atoms with Crippen LogP contribution in [0.4, 0.5) is 5.95 Å². The normalized spacial score (nSPS) is 25.6. The first kappa shape index (κ1) is 38.3. The van der Waals surface area contributed by atoms with Crippen molar-refractivity contribution >= 4 is 36.7 Å². The van der Waals surface area contributed by atoms with Crippen molar-refractivity contribution in [2.75, 3.05) is 32.7 Å². The minimum Gasteiger partial charge on any atom is -0.479 e. The maximum Gasteiger partial charge on any atom is 0.342 e. The monoisotopic (exact) mass is 753 g/mol. The Kier molecular flexibility index (Phi) is 11.2. The number of methoxy groups -OCH3 is 1. The molecular weight excluding hydrogens is 709 g/mol. The van der Waals surface area contributed by atoms with E-state index in [1.807, 2.05) is 12.1 Å². The zero-order valence-corrected chi connectivity index (χ0v) is 30.6. The molecule has 4 aromatic rings. The molecule has 6 N–H and O–H groups in total. The molecule has 6 rings (SSSR count). The van der Waals surface area contributed by atoms with Crippen LogP contribution < -0.4 is 20.6 Å². The van der Waals surface area contributed by atoms with Gasteiger partial charge in [0.2, 0.25) is 11.8 Å². The van der Waals surface area contributed by atoms with Crippen molar-refractivity contribution in [1.29, 1.82) is 0 Å². The second-order valence-corrected chi connectivity index (χ2v) is 14.8. The van der Waals surface area contributed by atoms with Gasteiger partial charge in [-0.05, 0) is 44.7 Å². The molecule has 7 atom stereocenters. The number of rotatable bonds is 17. The number of esters is 2. The number of fused-ring (bicyclic) bond motifs is 2. The molecular formula is C35H44N7O10P. The summed E-state index contributed by atoms with van der Waals surface area (Å²) in [6.45, 7) is 4.49. The quantitative estimate of drug-likeness (QED) is 0.0765. The highest BCUT2D eigenvalue weighted by molar-refractivity contribution is 7.54. The summed E-state index contributed by atoms with van der Waals surface area (Å²) in [5, 5.41) is 29.0. The predicted molar refractivity (Wildman–Crippen MR) is 191 cm³/mol. The van der Waals surface area contributed by atoms with E-state index in [0.29, 0.717) is 5.52 Å². The number of ether oxygens (including phenoxy) is 4. The molecule has 0 spiro atoms. The van der Waals surface area contributed by atoms with Gasteiger partial charge in [0.25, 0.3) is 0 Å². The number of hydrogen-bond acceptors (Lipinski definition) is 14. The Bertz CT molecular complexity index is 1900. The van der Waals surface area contributed by atoms with Crippen molar-refractivity contribution in [2.45, 2.75) is 75.1 Å². The third-order valence-corrected chi connectivity index (χ3v) is 11.3. The molecule has 0 bridgehead atoms. The van der Waals surface area contributed by atoms with E-state index in [1.54, 1.807) is 69.3 Å². The van der Waals surface area contributed by atoms with E-state index < -0.39 is 67.8 Å². The largest absolute Gasteiger partial charge is 0.479 e. The van der Waals surface area contributed by atoms with Crippen molar-refractivity contribution in [3.05, 3.63) is 78.1 Å². The van der Waals surface area contributed by atoms with E-state index in [1.165, 1.54) is 18.0 Å². The van der Waals surface area contributed by atoms with Gasteiger partial charge < -0.3 is 44.0 Å². The highest BCUT2D eigenvalue weighted by Gasteiger charge is 2.85. The first-order valence-corrected chi connectivity index (χ1v) is 18.8. The summed E-state index contributed by atoms with van der Waals surface area (Å²) in [6.07, 6.45) is -1.21. The first-order chi connectivity index (χ1) is 25.4. The van der Waals surface area contributed by atoms with Gasteiger partial charge in [-0.2, -0.15) is 9.97 Å². The average molecular weight is 754 g/mol. The van der Waals surface area contributed by atoms with E-state index in [-0.39, 0.29) is 43.5 Å². The van der Waals surface area contributed by atoms with Crippen LogP contribution in [-0.4, -0.2) is 104 Å². The van der Waals surface area contributed by atoms with E-state index in [4.69, 9.17) is 29.2 Å². The van der Waals surface area contributed by atoms with Crippen LogP contribution in [0.3, 0.4) is 0 Å². The summed E-state index contributed by atoms with van der Waals surface area (Å²) in [7, 11) is -3.02. The molecule has 1 saturated heterocycles. The fourth-order valence-corrected chi connectivity index (χ4v) is 8.74. The van der Waals surface area contributed by atoms with Crippen LogP contribution >= 0.6 is 7.67 Å². The molecule has 0 radical (unpaired) electrons. The molecule has 2 aliphatic rings. The zero-order chi connectivity index (χ0) is 38.0.